The fourth-order valence-corrected chi connectivity index (χ4v) is 1.77. The van der Waals surface area contributed by atoms with Gasteiger partial charge in [0.2, 0.25) is 0 Å². The quantitative estimate of drug-likeness (QED) is 0.759. The topological polar surface area (TPSA) is 45.2 Å². The lowest BCUT2D eigenvalue weighted by Gasteiger charge is -2.04. The fourth-order valence-electron chi connectivity index (χ4n) is 1.39. The lowest BCUT2D eigenvalue weighted by molar-refractivity contribution is 0.277. The van der Waals surface area contributed by atoms with Gasteiger partial charge in [-0.1, -0.05) is 0 Å². The standard InChI is InChI=1S/C8H9BrN2O/c9-6-1-5-2-7(4-12)11-8(5)10-3-6/h1,3,7,12H,2,4H2,(H,10,11). The molecular formula is C8H9BrN2O. The summed E-state index contributed by atoms with van der Waals surface area (Å²) in [7, 11) is 0. The van der Waals surface area contributed by atoms with Gasteiger partial charge in [0.15, 0.2) is 0 Å². The first-order chi connectivity index (χ1) is 5.79. The van der Waals surface area contributed by atoms with E-state index in [2.05, 4.69) is 26.2 Å². The number of aliphatic hydroxyl groups excluding tert-OH is 1. The van der Waals surface area contributed by atoms with E-state index in [1.807, 2.05) is 6.07 Å². The molecule has 0 aliphatic carbocycles. The van der Waals surface area contributed by atoms with Crippen LogP contribution in [0.1, 0.15) is 5.56 Å². The number of aliphatic hydroxyl groups is 1. The van der Waals surface area contributed by atoms with Crippen LogP contribution in [0.15, 0.2) is 16.7 Å². The summed E-state index contributed by atoms with van der Waals surface area (Å²) in [5.41, 5.74) is 1.17. The zero-order valence-corrected chi connectivity index (χ0v) is 8.00. The molecule has 0 spiro atoms. The Morgan fingerprint density at radius 1 is 1.75 bits per heavy atom. The first-order valence-electron chi connectivity index (χ1n) is 3.81. The number of nitrogens with zero attached hydrogens (tertiary/aromatic N) is 1. The SMILES string of the molecule is OCC1Cc2cc(Br)cnc2N1. The maximum atomic E-state index is 8.91. The fraction of sp³-hybridized carbons (Fsp3) is 0.375. The second kappa shape index (κ2) is 3.03. The molecule has 1 aliphatic heterocycles. The highest BCUT2D eigenvalue weighted by atomic mass is 79.9. The number of fused-ring (bicyclic) bond motifs is 1. The summed E-state index contributed by atoms with van der Waals surface area (Å²) in [5.74, 6) is 0.900. The van der Waals surface area contributed by atoms with Crippen molar-refractivity contribution in [1.29, 1.82) is 0 Å². The minimum atomic E-state index is 0.141. The van der Waals surface area contributed by atoms with Crippen molar-refractivity contribution in [2.24, 2.45) is 0 Å². The van der Waals surface area contributed by atoms with Crippen LogP contribution in [-0.2, 0) is 6.42 Å². The van der Waals surface area contributed by atoms with E-state index < -0.39 is 0 Å². The predicted octanol–water partition coefficient (Wildman–Crippen LogP) is 1.17. The van der Waals surface area contributed by atoms with E-state index in [0.29, 0.717) is 0 Å². The minimum absolute atomic E-state index is 0.141. The molecule has 0 radical (unpaired) electrons. The molecule has 0 saturated carbocycles. The van der Waals surface area contributed by atoms with Crippen molar-refractivity contribution in [3.8, 4) is 0 Å². The molecule has 12 heavy (non-hydrogen) atoms. The molecule has 4 heteroatoms. The van der Waals surface area contributed by atoms with Crippen molar-refractivity contribution in [3.05, 3.63) is 22.3 Å². The average molecular weight is 229 g/mol. The number of hydrogen-bond donors (Lipinski definition) is 2. The summed E-state index contributed by atoms with van der Waals surface area (Å²) in [5, 5.41) is 12.0. The van der Waals surface area contributed by atoms with Gasteiger partial charge in [0.25, 0.3) is 0 Å². The molecule has 64 valence electrons. The number of pyridine rings is 1. The first kappa shape index (κ1) is 8.01. The van der Waals surface area contributed by atoms with Gasteiger partial charge in [-0.2, -0.15) is 0 Å². The molecule has 1 unspecified atom stereocenters. The zero-order chi connectivity index (χ0) is 8.55. The Balaban J connectivity index is 2.30. The Hall–Kier alpha value is -0.610. The Kier molecular flexibility index (Phi) is 2.02. The summed E-state index contributed by atoms with van der Waals surface area (Å²) in [4.78, 5) is 4.19. The number of anilines is 1. The summed E-state index contributed by atoms with van der Waals surface area (Å²) in [6.07, 6.45) is 2.61. The smallest absolute Gasteiger partial charge is 0.129 e. The molecule has 1 atom stereocenters. The second-order valence-electron chi connectivity index (χ2n) is 2.89. The Labute approximate surface area is 79.0 Å². The second-order valence-corrected chi connectivity index (χ2v) is 3.80. The van der Waals surface area contributed by atoms with Gasteiger partial charge in [0.05, 0.1) is 12.6 Å². The summed E-state index contributed by atoms with van der Waals surface area (Å²) >= 11 is 3.35. The predicted molar refractivity (Wildman–Crippen MR) is 50.1 cm³/mol. The van der Waals surface area contributed by atoms with Gasteiger partial charge < -0.3 is 10.4 Å². The highest BCUT2D eigenvalue weighted by Crippen LogP contribution is 2.25. The molecule has 2 rings (SSSR count). The van der Waals surface area contributed by atoms with Crippen molar-refractivity contribution in [2.75, 3.05) is 11.9 Å². The molecule has 0 fully saturated rings. The van der Waals surface area contributed by atoms with Crippen molar-refractivity contribution >= 4 is 21.7 Å². The summed E-state index contributed by atoms with van der Waals surface area (Å²) < 4.78 is 0.988. The Morgan fingerprint density at radius 2 is 2.58 bits per heavy atom. The van der Waals surface area contributed by atoms with E-state index in [0.717, 1.165) is 16.7 Å². The summed E-state index contributed by atoms with van der Waals surface area (Å²) in [6.45, 7) is 0.161. The van der Waals surface area contributed by atoms with Crippen LogP contribution >= 0.6 is 15.9 Å². The molecule has 0 aromatic carbocycles. The Bertz CT molecular complexity index is 303. The van der Waals surface area contributed by atoms with Gasteiger partial charge in [0.1, 0.15) is 5.82 Å². The number of rotatable bonds is 1. The third kappa shape index (κ3) is 1.32. The molecule has 1 aromatic rings. The first-order valence-corrected chi connectivity index (χ1v) is 4.60. The summed E-state index contributed by atoms with van der Waals surface area (Å²) in [6, 6.07) is 2.17. The van der Waals surface area contributed by atoms with Crippen molar-refractivity contribution in [2.45, 2.75) is 12.5 Å². The third-order valence-corrected chi connectivity index (χ3v) is 2.39. The van der Waals surface area contributed by atoms with Gasteiger partial charge in [-0.15, -0.1) is 0 Å². The van der Waals surface area contributed by atoms with Crippen LogP contribution < -0.4 is 5.32 Å². The van der Waals surface area contributed by atoms with Crippen LogP contribution in [0.25, 0.3) is 0 Å². The number of aromatic nitrogens is 1. The van der Waals surface area contributed by atoms with Gasteiger partial charge in [-0.3, -0.25) is 0 Å². The monoisotopic (exact) mass is 228 g/mol. The van der Waals surface area contributed by atoms with E-state index in [4.69, 9.17) is 5.11 Å². The number of hydrogen-bond acceptors (Lipinski definition) is 3. The third-order valence-electron chi connectivity index (χ3n) is 1.96. The van der Waals surface area contributed by atoms with E-state index in [9.17, 15) is 0 Å². The lowest BCUT2D eigenvalue weighted by Crippen LogP contribution is -2.19. The molecule has 0 amide bonds. The molecule has 1 aliphatic rings. The molecule has 0 bridgehead atoms. The maximum absolute atomic E-state index is 8.91. The van der Waals surface area contributed by atoms with E-state index in [1.54, 1.807) is 6.20 Å². The van der Waals surface area contributed by atoms with Crippen LogP contribution in [0, 0.1) is 0 Å². The van der Waals surface area contributed by atoms with E-state index >= 15 is 0 Å². The van der Waals surface area contributed by atoms with Crippen LogP contribution in [0.5, 0.6) is 0 Å². The van der Waals surface area contributed by atoms with Crippen LogP contribution in [0.3, 0.4) is 0 Å². The van der Waals surface area contributed by atoms with Crippen molar-refractivity contribution < 1.29 is 5.11 Å². The molecule has 2 N–H and O–H groups in total. The van der Waals surface area contributed by atoms with Crippen molar-refractivity contribution in [3.63, 3.8) is 0 Å². The molecular weight excluding hydrogens is 220 g/mol. The van der Waals surface area contributed by atoms with Gasteiger partial charge in [-0.25, -0.2) is 4.98 Å². The van der Waals surface area contributed by atoms with Crippen LogP contribution in [0.2, 0.25) is 0 Å². The lowest BCUT2D eigenvalue weighted by atomic mass is 10.2. The van der Waals surface area contributed by atoms with Gasteiger partial charge in [0, 0.05) is 10.7 Å². The molecule has 2 heterocycles. The maximum Gasteiger partial charge on any atom is 0.129 e. The molecule has 3 nitrogen and oxygen atoms in total. The molecule has 0 saturated heterocycles. The van der Waals surface area contributed by atoms with Gasteiger partial charge >= 0.3 is 0 Å². The average Bonchev–Trinajstić information content (AvgIpc) is 2.46. The molecule has 1 aromatic heterocycles. The van der Waals surface area contributed by atoms with Crippen LogP contribution in [-0.4, -0.2) is 22.7 Å². The van der Waals surface area contributed by atoms with E-state index in [-0.39, 0.29) is 12.6 Å². The number of nitrogens with one attached hydrogen (secondary N) is 1. The van der Waals surface area contributed by atoms with Gasteiger partial charge in [-0.05, 0) is 34.0 Å². The highest BCUT2D eigenvalue weighted by Gasteiger charge is 2.20. The van der Waals surface area contributed by atoms with Crippen LogP contribution in [0.4, 0.5) is 5.82 Å². The number of halogens is 1. The van der Waals surface area contributed by atoms with Crippen molar-refractivity contribution in [1.82, 2.24) is 4.98 Å². The Morgan fingerprint density at radius 3 is 3.33 bits per heavy atom. The van der Waals surface area contributed by atoms with E-state index in [1.165, 1.54) is 5.56 Å². The minimum Gasteiger partial charge on any atom is -0.394 e. The largest absolute Gasteiger partial charge is 0.394 e. The zero-order valence-electron chi connectivity index (χ0n) is 6.42. The highest BCUT2D eigenvalue weighted by molar-refractivity contribution is 9.10. The normalized spacial score (nSPS) is 20.3.